The monoisotopic (exact) mass is 356 g/mol. The molecule has 26 heavy (non-hydrogen) atoms. The van der Waals surface area contributed by atoms with Gasteiger partial charge in [0.15, 0.2) is 0 Å². The Morgan fingerprint density at radius 3 is 2.69 bits per heavy atom. The van der Waals surface area contributed by atoms with E-state index in [9.17, 15) is 4.79 Å². The maximum atomic E-state index is 11.6. The number of carbonyl (C=O) groups is 1. The third-order valence-electron chi connectivity index (χ3n) is 5.21. The number of hydrogen-bond acceptors (Lipinski definition) is 6. The molecule has 0 radical (unpaired) electrons. The van der Waals surface area contributed by atoms with E-state index >= 15 is 0 Å². The van der Waals surface area contributed by atoms with E-state index in [2.05, 4.69) is 33.3 Å². The van der Waals surface area contributed by atoms with Gasteiger partial charge in [0.25, 0.3) is 0 Å². The lowest BCUT2D eigenvalue weighted by atomic mass is 9.98. The van der Waals surface area contributed by atoms with Gasteiger partial charge in [-0.2, -0.15) is 5.10 Å². The standard InChI is InChI=1S/C18H24N6O2/c1-4-24-18-14(10-19-24)9-15(17-21-20-12(2)26-17)11-23(18)16-5-7-22(8-6-16)13(3)25/h10-11,16H,4-9H2,1-3H3. The number of aromatic nitrogens is 4. The Hall–Kier alpha value is -2.64. The number of rotatable bonds is 3. The van der Waals surface area contributed by atoms with Gasteiger partial charge in [-0.25, -0.2) is 4.68 Å². The average molecular weight is 356 g/mol. The second-order valence-corrected chi connectivity index (χ2v) is 6.91. The van der Waals surface area contributed by atoms with Gasteiger partial charge in [0, 0.05) is 63.3 Å². The molecule has 1 fully saturated rings. The Bertz CT molecular complexity index is 844. The van der Waals surface area contributed by atoms with Crippen molar-refractivity contribution < 1.29 is 9.21 Å². The van der Waals surface area contributed by atoms with Gasteiger partial charge in [-0.15, -0.1) is 10.2 Å². The van der Waals surface area contributed by atoms with E-state index in [-0.39, 0.29) is 5.91 Å². The number of piperidine rings is 1. The Labute approximate surface area is 152 Å². The normalized spacial score (nSPS) is 18.0. The quantitative estimate of drug-likeness (QED) is 0.837. The number of nitrogens with zero attached hydrogens (tertiary/aromatic N) is 6. The lowest BCUT2D eigenvalue weighted by molar-refractivity contribution is -0.129. The van der Waals surface area contributed by atoms with Crippen LogP contribution in [-0.2, 0) is 17.8 Å². The second-order valence-electron chi connectivity index (χ2n) is 6.91. The van der Waals surface area contributed by atoms with E-state index in [0.29, 0.717) is 17.8 Å². The summed E-state index contributed by atoms with van der Waals surface area (Å²) in [7, 11) is 0. The van der Waals surface area contributed by atoms with E-state index in [1.807, 2.05) is 15.8 Å². The smallest absolute Gasteiger partial charge is 0.245 e. The molecule has 0 N–H and O–H groups in total. The van der Waals surface area contributed by atoms with Gasteiger partial charge in [0.05, 0.1) is 6.20 Å². The summed E-state index contributed by atoms with van der Waals surface area (Å²) in [4.78, 5) is 15.9. The molecule has 4 rings (SSSR count). The minimum Gasteiger partial charge on any atom is -0.421 e. The van der Waals surface area contributed by atoms with Crippen molar-refractivity contribution in [2.75, 3.05) is 18.0 Å². The molecular weight excluding hydrogens is 332 g/mol. The molecule has 2 aliphatic heterocycles. The van der Waals surface area contributed by atoms with Crippen LogP contribution in [0.3, 0.4) is 0 Å². The molecule has 8 heteroatoms. The van der Waals surface area contributed by atoms with E-state index in [1.165, 1.54) is 5.56 Å². The molecule has 1 amide bonds. The third kappa shape index (κ3) is 2.89. The highest BCUT2D eigenvalue weighted by Gasteiger charge is 2.32. The summed E-state index contributed by atoms with van der Waals surface area (Å²) in [5.74, 6) is 2.44. The van der Waals surface area contributed by atoms with Crippen molar-refractivity contribution in [1.82, 2.24) is 24.9 Å². The van der Waals surface area contributed by atoms with Crippen LogP contribution in [0, 0.1) is 6.92 Å². The summed E-state index contributed by atoms with van der Waals surface area (Å²) in [5.41, 5.74) is 2.19. The molecule has 0 aromatic carbocycles. The molecule has 0 unspecified atom stereocenters. The van der Waals surface area contributed by atoms with Gasteiger partial charge in [-0.1, -0.05) is 0 Å². The van der Waals surface area contributed by atoms with Crippen LogP contribution < -0.4 is 4.90 Å². The van der Waals surface area contributed by atoms with Crippen LogP contribution in [0.1, 0.15) is 44.0 Å². The Kier molecular flexibility index (Phi) is 4.26. The second kappa shape index (κ2) is 6.59. The molecule has 1 saturated heterocycles. The van der Waals surface area contributed by atoms with Gasteiger partial charge >= 0.3 is 0 Å². The van der Waals surface area contributed by atoms with Gasteiger partial charge in [-0.05, 0) is 19.8 Å². The summed E-state index contributed by atoms with van der Waals surface area (Å²) >= 11 is 0. The van der Waals surface area contributed by atoms with Crippen molar-refractivity contribution in [1.29, 1.82) is 0 Å². The molecule has 0 spiro atoms. The predicted octanol–water partition coefficient (Wildman–Crippen LogP) is 2.01. The summed E-state index contributed by atoms with van der Waals surface area (Å²) < 4.78 is 7.70. The van der Waals surface area contributed by atoms with Crippen molar-refractivity contribution in [2.45, 2.75) is 52.6 Å². The minimum atomic E-state index is 0.152. The van der Waals surface area contributed by atoms with Crippen molar-refractivity contribution in [3.8, 4) is 0 Å². The molecule has 138 valence electrons. The van der Waals surface area contributed by atoms with Crippen LogP contribution in [0.25, 0.3) is 5.57 Å². The first-order valence-corrected chi connectivity index (χ1v) is 9.16. The highest BCUT2D eigenvalue weighted by Crippen LogP contribution is 2.36. The number of amides is 1. The van der Waals surface area contributed by atoms with E-state index in [1.54, 1.807) is 13.8 Å². The Balaban J connectivity index is 1.67. The molecule has 2 aromatic rings. The molecular formula is C18H24N6O2. The van der Waals surface area contributed by atoms with Crippen LogP contribution in [0.5, 0.6) is 0 Å². The van der Waals surface area contributed by atoms with Crippen molar-refractivity contribution >= 4 is 17.3 Å². The van der Waals surface area contributed by atoms with Crippen LogP contribution in [-0.4, -0.2) is 49.9 Å². The predicted molar refractivity (Wildman–Crippen MR) is 96.4 cm³/mol. The first kappa shape index (κ1) is 16.8. The average Bonchev–Trinajstić information content (AvgIpc) is 3.27. The first-order valence-electron chi connectivity index (χ1n) is 9.16. The fraction of sp³-hybridized carbons (Fsp3) is 0.556. The summed E-state index contributed by atoms with van der Waals surface area (Å²) in [6, 6.07) is 0.325. The highest BCUT2D eigenvalue weighted by atomic mass is 16.4. The maximum Gasteiger partial charge on any atom is 0.245 e. The number of carbonyl (C=O) groups excluding carboxylic acids is 1. The summed E-state index contributed by atoms with van der Waals surface area (Å²) in [6.45, 7) is 7.94. The largest absolute Gasteiger partial charge is 0.421 e. The van der Waals surface area contributed by atoms with Crippen LogP contribution >= 0.6 is 0 Å². The fourth-order valence-corrected chi connectivity index (χ4v) is 3.85. The molecule has 0 aliphatic carbocycles. The molecule has 0 bridgehead atoms. The zero-order chi connectivity index (χ0) is 18.3. The summed E-state index contributed by atoms with van der Waals surface area (Å²) in [5, 5.41) is 12.7. The van der Waals surface area contributed by atoms with Gasteiger partial charge in [0.1, 0.15) is 5.82 Å². The van der Waals surface area contributed by atoms with Crippen LogP contribution in [0.15, 0.2) is 16.8 Å². The molecule has 0 atom stereocenters. The van der Waals surface area contributed by atoms with E-state index in [0.717, 1.165) is 50.3 Å². The van der Waals surface area contributed by atoms with Crippen molar-refractivity contribution in [3.63, 3.8) is 0 Å². The molecule has 0 saturated carbocycles. The van der Waals surface area contributed by atoms with Crippen LogP contribution in [0.2, 0.25) is 0 Å². The van der Waals surface area contributed by atoms with Crippen molar-refractivity contribution in [3.05, 3.63) is 29.7 Å². The van der Waals surface area contributed by atoms with E-state index < -0.39 is 0 Å². The fourth-order valence-electron chi connectivity index (χ4n) is 3.85. The third-order valence-corrected chi connectivity index (χ3v) is 5.21. The van der Waals surface area contributed by atoms with Crippen LogP contribution in [0.4, 0.5) is 5.82 Å². The molecule has 4 heterocycles. The molecule has 8 nitrogen and oxygen atoms in total. The highest BCUT2D eigenvalue weighted by molar-refractivity contribution is 5.74. The number of anilines is 1. The first-order chi connectivity index (χ1) is 12.6. The van der Waals surface area contributed by atoms with Gasteiger partial charge in [-0.3, -0.25) is 4.79 Å². The molecule has 2 aliphatic rings. The van der Waals surface area contributed by atoms with E-state index in [4.69, 9.17) is 4.42 Å². The summed E-state index contributed by atoms with van der Waals surface area (Å²) in [6.07, 6.45) is 6.67. The lowest BCUT2D eigenvalue weighted by Crippen LogP contribution is -2.46. The maximum absolute atomic E-state index is 11.6. The van der Waals surface area contributed by atoms with Crippen molar-refractivity contribution in [2.24, 2.45) is 0 Å². The molecule has 2 aromatic heterocycles. The van der Waals surface area contributed by atoms with Gasteiger partial charge in [0.2, 0.25) is 17.7 Å². The zero-order valence-corrected chi connectivity index (χ0v) is 15.5. The SMILES string of the molecule is CCn1ncc2c1N(C1CCN(C(C)=O)CC1)C=C(c1nnc(C)o1)C2. The zero-order valence-electron chi connectivity index (χ0n) is 15.5. The number of allylic oxidation sites excluding steroid dienone is 1. The number of fused-ring (bicyclic) bond motifs is 1. The Morgan fingerprint density at radius 1 is 1.31 bits per heavy atom. The van der Waals surface area contributed by atoms with Gasteiger partial charge < -0.3 is 14.2 Å². The number of likely N-dealkylation sites (tertiary alicyclic amines) is 1. The lowest BCUT2D eigenvalue weighted by Gasteiger charge is -2.39. The topological polar surface area (TPSA) is 80.3 Å². The Morgan fingerprint density at radius 2 is 2.08 bits per heavy atom. The number of aryl methyl sites for hydroxylation is 2. The number of hydrogen-bond donors (Lipinski definition) is 0. The minimum absolute atomic E-state index is 0.152.